The van der Waals surface area contributed by atoms with Gasteiger partial charge in [-0.2, -0.15) is 0 Å². The van der Waals surface area contributed by atoms with Crippen LogP contribution in [0.3, 0.4) is 0 Å². The third kappa shape index (κ3) is 0.990. The number of hydrogen-bond acceptors (Lipinski definition) is 0. The molecule has 1 spiro atoms. The number of fused-ring (bicyclic) bond motifs is 1. The Morgan fingerprint density at radius 3 is 2.60 bits per heavy atom. The normalized spacial score (nSPS) is 55.7. The van der Waals surface area contributed by atoms with Crippen LogP contribution in [0.1, 0.15) is 47.0 Å². The van der Waals surface area contributed by atoms with Crippen LogP contribution in [0.15, 0.2) is 12.2 Å². The maximum absolute atomic E-state index is 2.62. The van der Waals surface area contributed by atoms with Gasteiger partial charge in [0.2, 0.25) is 0 Å². The Morgan fingerprint density at radius 2 is 1.87 bits per heavy atom. The number of hydrogen-bond donors (Lipinski definition) is 0. The van der Waals surface area contributed by atoms with Crippen LogP contribution in [0, 0.1) is 34.5 Å². The van der Waals surface area contributed by atoms with Crippen LogP contribution in [0.4, 0.5) is 0 Å². The van der Waals surface area contributed by atoms with Gasteiger partial charge in [-0.05, 0) is 53.8 Å². The summed E-state index contributed by atoms with van der Waals surface area (Å²) < 4.78 is 0. The van der Waals surface area contributed by atoms with E-state index in [1.54, 1.807) is 0 Å². The minimum absolute atomic E-state index is 0.577. The Hall–Kier alpha value is -0.260. The van der Waals surface area contributed by atoms with E-state index < -0.39 is 0 Å². The first-order valence-electron chi connectivity index (χ1n) is 6.68. The molecule has 5 atom stereocenters. The van der Waals surface area contributed by atoms with Crippen LogP contribution < -0.4 is 0 Å². The fourth-order valence-corrected chi connectivity index (χ4v) is 5.28. The SMILES string of the molecule is C[C@@H]1C=C[C@@]23C[C@@H]1C(C)(C)[C@@H]2CC[C@H]3C. The Labute approximate surface area is 94.1 Å². The fourth-order valence-electron chi connectivity index (χ4n) is 5.28. The van der Waals surface area contributed by atoms with Crippen molar-refractivity contribution in [3.8, 4) is 0 Å². The van der Waals surface area contributed by atoms with Crippen molar-refractivity contribution in [2.24, 2.45) is 34.5 Å². The highest BCUT2D eigenvalue weighted by Crippen LogP contribution is 2.70. The third-order valence-corrected chi connectivity index (χ3v) is 6.23. The second-order valence-electron chi connectivity index (χ2n) is 6.99. The maximum Gasteiger partial charge on any atom is -0.00560 e. The summed E-state index contributed by atoms with van der Waals surface area (Å²) in [6.07, 6.45) is 9.55. The Bertz CT molecular complexity index is 312. The molecule has 0 heterocycles. The third-order valence-electron chi connectivity index (χ3n) is 6.23. The van der Waals surface area contributed by atoms with Crippen molar-refractivity contribution in [1.29, 1.82) is 0 Å². The zero-order valence-electron chi connectivity index (χ0n) is 10.6. The molecule has 0 aromatic heterocycles. The molecule has 0 unspecified atom stereocenters. The molecule has 3 aliphatic rings. The van der Waals surface area contributed by atoms with Crippen molar-refractivity contribution in [3.63, 3.8) is 0 Å². The van der Waals surface area contributed by atoms with E-state index in [0.29, 0.717) is 10.8 Å². The summed E-state index contributed by atoms with van der Waals surface area (Å²) in [5.74, 6) is 3.64. The van der Waals surface area contributed by atoms with Gasteiger partial charge in [0.15, 0.2) is 0 Å². The van der Waals surface area contributed by atoms with E-state index in [2.05, 4.69) is 39.8 Å². The summed E-state index contributed by atoms with van der Waals surface area (Å²) >= 11 is 0. The van der Waals surface area contributed by atoms with Crippen LogP contribution in [-0.4, -0.2) is 0 Å². The van der Waals surface area contributed by atoms with E-state index >= 15 is 0 Å². The lowest BCUT2D eigenvalue weighted by Crippen LogP contribution is -2.29. The molecule has 0 heteroatoms. The lowest BCUT2D eigenvalue weighted by atomic mass is 9.70. The Kier molecular flexibility index (Phi) is 1.79. The lowest BCUT2D eigenvalue weighted by Gasteiger charge is -2.34. The summed E-state index contributed by atoms with van der Waals surface area (Å²) in [6, 6.07) is 0. The summed E-state index contributed by atoms with van der Waals surface area (Å²) in [7, 11) is 0. The Balaban J connectivity index is 2.11. The van der Waals surface area contributed by atoms with Crippen molar-refractivity contribution >= 4 is 0 Å². The second kappa shape index (κ2) is 2.70. The maximum atomic E-state index is 2.62. The predicted molar refractivity (Wildman–Crippen MR) is 64.5 cm³/mol. The zero-order chi connectivity index (χ0) is 10.8. The monoisotopic (exact) mass is 204 g/mol. The fraction of sp³-hybridized carbons (Fsp3) is 0.867. The van der Waals surface area contributed by atoms with Crippen molar-refractivity contribution in [2.45, 2.75) is 47.0 Å². The van der Waals surface area contributed by atoms with E-state index in [4.69, 9.17) is 0 Å². The van der Waals surface area contributed by atoms with E-state index in [1.807, 2.05) is 0 Å². The molecule has 0 aromatic carbocycles. The molecule has 0 nitrogen and oxygen atoms in total. The van der Waals surface area contributed by atoms with Crippen molar-refractivity contribution in [1.82, 2.24) is 0 Å². The minimum atomic E-state index is 0.577. The molecule has 0 aromatic rings. The van der Waals surface area contributed by atoms with Crippen LogP contribution in [-0.2, 0) is 0 Å². The van der Waals surface area contributed by atoms with E-state index in [0.717, 1.165) is 23.7 Å². The van der Waals surface area contributed by atoms with Crippen molar-refractivity contribution < 1.29 is 0 Å². The smallest absolute Gasteiger partial charge is 0.00560 e. The zero-order valence-corrected chi connectivity index (χ0v) is 10.6. The first-order valence-corrected chi connectivity index (χ1v) is 6.68. The van der Waals surface area contributed by atoms with E-state index in [1.165, 1.54) is 19.3 Å². The van der Waals surface area contributed by atoms with Gasteiger partial charge >= 0.3 is 0 Å². The van der Waals surface area contributed by atoms with Gasteiger partial charge in [-0.3, -0.25) is 0 Å². The van der Waals surface area contributed by atoms with E-state index in [-0.39, 0.29) is 0 Å². The molecule has 0 aliphatic heterocycles. The number of rotatable bonds is 0. The standard InChI is InChI=1S/C15H24/c1-10-7-8-15-9-12(10)14(3,4)13(15)6-5-11(15)2/h7-8,10-13H,5-6,9H2,1-4H3/t10-,11-,12+,13+,15+/m1/s1. The number of allylic oxidation sites excluding steroid dienone is 2. The summed E-state index contributed by atoms with van der Waals surface area (Å²) in [6.45, 7) is 9.97. The quantitative estimate of drug-likeness (QED) is 0.517. The van der Waals surface area contributed by atoms with Crippen LogP contribution in [0.25, 0.3) is 0 Å². The van der Waals surface area contributed by atoms with Crippen LogP contribution in [0.2, 0.25) is 0 Å². The highest BCUT2D eigenvalue weighted by atomic mass is 14.7. The predicted octanol–water partition coefficient (Wildman–Crippen LogP) is 4.27. The van der Waals surface area contributed by atoms with Crippen LogP contribution >= 0.6 is 0 Å². The average molecular weight is 204 g/mol. The van der Waals surface area contributed by atoms with E-state index in [9.17, 15) is 0 Å². The average Bonchev–Trinajstić information content (AvgIpc) is 2.57. The van der Waals surface area contributed by atoms with Crippen molar-refractivity contribution in [3.05, 3.63) is 12.2 Å². The van der Waals surface area contributed by atoms with Gasteiger partial charge in [0.1, 0.15) is 0 Å². The molecule has 2 saturated carbocycles. The first kappa shape index (κ1) is 9.93. The topological polar surface area (TPSA) is 0 Å². The Morgan fingerprint density at radius 1 is 1.13 bits per heavy atom. The molecule has 3 aliphatic carbocycles. The minimum Gasteiger partial charge on any atom is -0.0848 e. The van der Waals surface area contributed by atoms with Gasteiger partial charge in [-0.1, -0.05) is 39.8 Å². The highest BCUT2D eigenvalue weighted by Gasteiger charge is 2.62. The summed E-state index contributed by atoms with van der Waals surface area (Å²) in [5.41, 5.74) is 1.17. The van der Waals surface area contributed by atoms with Gasteiger partial charge in [0.05, 0.1) is 0 Å². The molecule has 2 bridgehead atoms. The summed E-state index contributed by atoms with van der Waals surface area (Å²) in [5, 5.41) is 0. The second-order valence-corrected chi connectivity index (χ2v) is 6.99. The molecule has 15 heavy (non-hydrogen) atoms. The molecule has 0 N–H and O–H groups in total. The van der Waals surface area contributed by atoms with Crippen molar-refractivity contribution in [2.75, 3.05) is 0 Å². The van der Waals surface area contributed by atoms with Gasteiger partial charge in [0, 0.05) is 0 Å². The van der Waals surface area contributed by atoms with Gasteiger partial charge in [-0.15, -0.1) is 0 Å². The van der Waals surface area contributed by atoms with Crippen LogP contribution in [0.5, 0.6) is 0 Å². The molecule has 3 rings (SSSR count). The largest absolute Gasteiger partial charge is 0.0848 e. The molecule has 2 fully saturated rings. The van der Waals surface area contributed by atoms with Gasteiger partial charge < -0.3 is 0 Å². The van der Waals surface area contributed by atoms with Gasteiger partial charge in [0.25, 0.3) is 0 Å². The highest BCUT2D eigenvalue weighted by molar-refractivity contribution is 5.23. The molecule has 84 valence electrons. The molecule has 0 radical (unpaired) electrons. The first-order chi connectivity index (χ1) is 6.98. The summed E-state index contributed by atoms with van der Waals surface area (Å²) in [4.78, 5) is 0. The molecular weight excluding hydrogens is 180 g/mol. The van der Waals surface area contributed by atoms with Gasteiger partial charge in [-0.25, -0.2) is 0 Å². The molecule has 0 amide bonds. The lowest BCUT2D eigenvalue weighted by molar-refractivity contribution is 0.146. The molecular formula is C15H24. The molecule has 0 saturated heterocycles.